The summed E-state index contributed by atoms with van der Waals surface area (Å²) in [6, 6.07) is 8.22. The van der Waals surface area contributed by atoms with Gasteiger partial charge in [0.05, 0.1) is 4.88 Å². The van der Waals surface area contributed by atoms with E-state index in [1.807, 2.05) is 36.4 Å². The summed E-state index contributed by atoms with van der Waals surface area (Å²) < 4.78 is 35.5. The Morgan fingerprint density at radius 1 is 1.16 bits per heavy atom. The van der Waals surface area contributed by atoms with E-state index >= 15 is 0 Å². The minimum Gasteiger partial charge on any atom is -0.459 e. The SMILES string of the molecule is CS(=O)(=O)c1sc(C(=O)N2CCC(N3C(=O)OCC3C(=O)OCc3ccccc3)CC2)c2c1C=CCC2. The number of esters is 1. The third-order valence-electron chi connectivity index (χ3n) is 6.94. The van der Waals surface area contributed by atoms with Crippen molar-refractivity contribution in [2.24, 2.45) is 0 Å². The average Bonchev–Trinajstić information content (AvgIpc) is 3.49. The van der Waals surface area contributed by atoms with Crippen LogP contribution in [0.1, 0.15) is 45.6 Å². The van der Waals surface area contributed by atoms with Crippen molar-refractivity contribution in [2.75, 3.05) is 26.0 Å². The van der Waals surface area contributed by atoms with Crippen molar-refractivity contribution < 1.29 is 32.3 Å². The highest BCUT2D eigenvalue weighted by molar-refractivity contribution is 7.92. The number of carbonyl (C=O) groups excluding carboxylic acids is 3. The van der Waals surface area contributed by atoms with Gasteiger partial charge >= 0.3 is 12.1 Å². The van der Waals surface area contributed by atoms with E-state index in [4.69, 9.17) is 9.47 Å². The fourth-order valence-corrected chi connectivity index (χ4v) is 7.57. The fraction of sp³-hybridized carbons (Fsp3) is 0.423. The second kappa shape index (κ2) is 10.3. The van der Waals surface area contributed by atoms with Gasteiger partial charge in [-0.05, 0) is 36.8 Å². The molecule has 9 nitrogen and oxygen atoms in total. The van der Waals surface area contributed by atoms with Gasteiger partial charge in [0.15, 0.2) is 15.9 Å². The first-order chi connectivity index (χ1) is 17.7. The van der Waals surface area contributed by atoms with Crippen LogP contribution in [0.25, 0.3) is 6.08 Å². The zero-order chi connectivity index (χ0) is 26.2. The van der Waals surface area contributed by atoms with Crippen LogP contribution in [-0.4, -0.2) is 74.2 Å². The molecule has 1 aromatic carbocycles. The molecule has 3 heterocycles. The van der Waals surface area contributed by atoms with Crippen LogP contribution in [0.2, 0.25) is 0 Å². The molecule has 3 aliphatic rings. The first-order valence-corrected chi connectivity index (χ1v) is 14.9. The van der Waals surface area contributed by atoms with Gasteiger partial charge in [-0.15, -0.1) is 11.3 Å². The highest BCUT2D eigenvalue weighted by Crippen LogP contribution is 2.38. The number of nitrogens with zero attached hydrogens (tertiary/aromatic N) is 2. The van der Waals surface area contributed by atoms with Crippen molar-refractivity contribution in [1.82, 2.24) is 9.80 Å². The number of hydrogen-bond acceptors (Lipinski definition) is 8. The fourth-order valence-electron chi connectivity index (χ4n) is 5.08. The number of amides is 2. The molecule has 1 unspecified atom stereocenters. The topological polar surface area (TPSA) is 110 Å². The number of hydrogen-bond donors (Lipinski definition) is 0. The Kier molecular flexibility index (Phi) is 7.09. The molecule has 196 valence electrons. The maximum atomic E-state index is 13.4. The van der Waals surface area contributed by atoms with E-state index in [9.17, 15) is 22.8 Å². The molecule has 2 fully saturated rings. The number of rotatable bonds is 6. The number of allylic oxidation sites excluding steroid dienone is 1. The number of cyclic esters (lactones) is 1. The Bertz CT molecular complexity index is 1340. The van der Waals surface area contributed by atoms with Crippen LogP contribution >= 0.6 is 11.3 Å². The first kappa shape index (κ1) is 25.5. The van der Waals surface area contributed by atoms with E-state index in [0.29, 0.717) is 42.8 Å². The Balaban J connectivity index is 1.25. The number of fused-ring (bicyclic) bond motifs is 1. The summed E-state index contributed by atoms with van der Waals surface area (Å²) in [5, 5.41) is 0. The molecule has 1 aromatic heterocycles. The second-order valence-corrected chi connectivity index (χ2v) is 12.7. The quantitative estimate of drug-likeness (QED) is 0.513. The van der Waals surface area contributed by atoms with Crippen molar-refractivity contribution >= 4 is 45.2 Å². The molecule has 0 spiro atoms. The van der Waals surface area contributed by atoms with Crippen molar-refractivity contribution in [3.63, 3.8) is 0 Å². The molecule has 2 saturated heterocycles. The Hall–Kier alpha value is -3.18. The van der Waals surface area contributed by atoms with Gasteiger partial charge in [0.2, 0.25) is 0 Å². The summed E-state index contributed by atoms with van der Waals surface area (Å²) in [5.41, 5.74) is 2.28. The van der Waals surface area contributed by atoms with Gasteiger partial charge in [0.25, 0.3) is 5.91 Å². The minimum atomic E-state index is -3.46. The third-order valence-corrected chi connectivity index (χ3v) is 10.0. The zero-order valence-electron chi connectivity index (χ0n) is 20.4. The molecule has 2 amide bonds. The van der Waals surface area contributed by atoms with E-state index in [1.54, 1.807) is 11.0 Å². The number of thiophene rings is 1. The lowest BCUT2D eigenvalue weighted by molar-refractivity contribution is -0.150. The summed E-state index contributed by atoms with van der Waals surface area (Å²) >= 11 is 1.04. The summed E-state index contributed by atoms with van der Waals surface area (Å²) in [4.78, 5) is 42.4. The standard InChI is InChI=1S/C26H28N2O7S2/c1-37(32,33)25-20-10-6-5-9-19(20)22(36-25)23(29)27-13-11-18(12-14-27)28-21(16-35-26(28)31)24(30)34-15-17-7-3-2-4-8-17/h2-4,6-8,10,18,21H,5,9,11-16H2,1H3. The molecule has 37 heavy (non-hydrogen) atoms. The maximum absolute atomic E-state index is 13.4. The van der Waals surface area contributed by atoms with E-state index < -0.39 is 27.9 Å². The van der Waals surface area contributed by atoms with Crippen LogP contribution in [0.5, 0.6) is 0 Å². The van der Waals surface area contributed by atoms with Crippen LogP contribution in [0.3, 0.4) is 0 Å². The van der Waals surface area contributed by atoms with E-state index in [0.717, 1.165) is 35.1 Å². The lowest BCUT2D eigenvalue weighted by Gasteiger charge is -2.37. The minimum absolute atomic E-state index is 0.0608. The first-order valence-electron chi connectivity index (χ1n) is 12.2. The Labute approximate surface area is 219 Å². The van der Waals surface area contributed by atoms with Crippen LogP contribution in [-0.2, 0) is 37.1 Å². The molecule has 1 aliphatic carbocycles. The van der Waals surface area contributed by atoms with Crippen LogP contribution < -0.4 is 0 Å². The molecule has 2 aromatic rings. The number of likely N-dealkylation sites (tertiary alicyclic amines) is 1. The molecule has 0 N–H and O–H groups in total. The number of sulfone groups is 1. The molecule has 0 bridgehead atoms. The largest absolute Gasteiger partial charge is 0.459 e. The summed E-state index contributed by atoms with van der Waals surface area (Å²) in [7, 11) is -3.46. The molecule has 0 saturated carbocycles. The van der Waals surface area contributed by atoms with Crippen LogP contribution in [0.4, 0.5) is 4.79 Å². The van der Waals surface area contributed by atoms with Crippen molar-refractivity contribution in [3.05, 3.63) is 58.0 Å². The lowest BCUT2D eigenvalue weighted by Crippen LogP contribution is -2.52. The molecular formula is C26H28N2O7S2. The molecule has 1 atom stereocenters. The predicted molar refractivity (Wildman–Crippen MR) is 137 cm³/mol. The zero-order valence-corrected chi connectivity index (χ0v) is 22.1. The predicted octanol–water partition coefficient (Wildman–Crippen LogP) is 3.28. The Morgan fingerprint density at radius 2 is 1.89 bits per heavy atom. The number of piperidine rings is 1. The number of ether oxygens (including phenoxy) is 2. The van der Waals surface area contributed by atoms with Crippen molar-refractivity contribution in [2.45, 2.75) is 48.6 Å². The summed E-state index contributed by atoms with van der Waals surface area (Å²) in [5.74, 6) is -0.701. The highest BCUT2D eigenvalue weighted by atomic mass is 32.2. The molecular weight excluding hydrogens is 516 g/mol. The normalized spacial score (nSPS) is 20.0. The third kappa shape index (κ3) is 5.15. The van der Waals surface area contributed by atoms with E-state index in [1.165, 1.54) is 4.90 Å². The van der Waals surface area contributed by atoms with Gasteiger partial charge in [-0.1, -0.05) is 42.5 Å². The van der Waals surface area contributed by atoms with Gasteiger partial charge in [0.1, 0.15) is 17.4 Å². The molecule has 5 rings (SSSR count). The average molecular weight is 545 g/mol. The van der Waals surface area contributed by atoms with Gasteiger partial charge in [-0.2, -0.15) is 0 Å². The molecule has 11 heteroatoms. The second-order valence-electron chi connectivity index (χ2n) is 9.44. The van der Waals surface area contributed by atoms with Crippen LogP contribution in [0, 0.1) is 0 Å². The van der Waals surface area contributed by atoms with Crippen LogP contribution in [0.15, 0.2) is 40.6 Å². The van der Waals surface area contributed by atoms with E-state index in [2.05, 4.69) is 0 Å². The smallest absolute Gasteiger partial charge is 0.410 e. The summed E-state index contributed by atoms with van der Waals surface area (Å²) in [6.07, 6.45) is 6.69. The Morgan fingerprint density at radius 3 is 2.59 bits per heavy atom. The monoisotopic (exact) mass is 544 g/mol. The highest BCUT2D eigenvalue weighted by Gasteiger charge is 2.44. The number of benzene rings is 1. The van der Waals surface area contributed by atoms with E-state index in [-0.39, 0.29) is 29.4 Å². The maximum Gasteiger partial charge on any atom is 0.410 e. The van der Waals surface area contributed by atoms with Crippen molar-refractivity contribution in [3.8, 4) is 0 Å². The van der Waals surface area contributed by atoms with Gasteiger partial charge in [-0.3, -0.25) is 9.69 Å². The lowest BCUT2D eigenvalue weighted by atomic mass is 9.98. The van der Waals surface area contributed by atoms with Gasteiger partial charge < -0.3 is 14.4 Å². The molecule has 2 aliphatic heterocycles. The van der Waals surface area contributed by atoms with Gasteiger partial charge in [0, 0.05) is 31.0 Å². The number of carbonyl (C=O) groups is 3. The molecule has 0 radical (unpaired) electrons. The van der Waals surface area contributed by atoms with Crippen molar-refractivity contribution in [1.29, 1.82) is 0 Å². The summed E-state index contributed by atoms with van der Waals surface area (Å²) in [6.45, 7) is 0.821. The van der Waals surface area contributed by atoms with Gasteiger partial charge in [-0.25, -0.2) is 18.0 Å².